The maximum Gasteiger partial charge on any atom is 0.449 e. The van der Waals surface area contributed by atoms with E-state index in [0.29, 0.717) is 12.1 Å². The van der Waals surface area contributed by atoms with Gasteiger partial charge in [-0.2, -0.15) is 13.2 Å². The molecule has 0 radical (unpaired) electrons. The number of hydrogen-bond acceptors (Lipinski definition) is 4. The minimum atomic E-state index is -4.73. The Balaban J connectivity index is 1.76. The summed E-state index contributed by atoms with van der Waals surface area (Å²) in [6, 6.07) is 7.69. The highest BCUT2D eigenvalue weighted by Gasteiger charge is 2.38. The highest BCUT2D eigenvalue weighted by molar-refractivity contribution is 5.99. The van der Waals surface area contributed by atoms with E-state index in [9.17, 15) is 22.8 Å². The monoisotopic (exact) mass is 407 g/mol. The number of carbonyl (C=O) groups is 2. The molecule has 0 N–H and O–H groups in total. The van der Waals surface area contributed by atoms with Crippen LogP contribution in [-0.4, -0.2) is 32.5 Å². The van der Waals surface area contributed by atoms with E-state index in [2.05, 4.69) is 4.98 Å². The van der Waals surface area contributed by atoms with Crippen molar-refractivity contribution in [2.75, 3.05) is 6.61 Å². The minimum absolute atomic E-state index is 0.121. The second kappa shape index (κ2) is 7.73. The molecule has 0 aliphatic carbocycles. The van der Waals surface area contributed by atoms with Gasteiger partial charge in [0, 0.05) is 23.5 Å². The fourth-order valence-corrected chi connectivity index (χ4v) is 3.42. The van der Waals surface area contributed by atoms with Crippen LogP contribution in [0.5, 0.6) is 0 Å². The van der Waals surface area contributed by atoms with E-state index in [-0.39, 0.29) is 11.0 Å². The third-order valence-corrected chi connectivity index (χ3v) is 4.75. The molecule has 9 heteroatoms. The lowest BCUT2D eigenvalue weighted by molar-refractivity contribution is -0.150. The molecule has 0 saturated carbocycles. The van der Waals surface area contributed by atoms with Crippen LogP contribution in [0.15, 0.2) is 30.3 Å². The third kappa shape index (κ3) is 4.03. The molecule has 0 fully saturated rings. The van der Waals surface area contributed by atoms with Crippen LogP contribution < -0.4 is 0 Å². The highest BCUT2D eigenvalue weighted by atomic mass is 19.4. The lowest BCUT2D eigenvalue weighted by atomic mass is 10.1. The van der Waals surface area contributed by atoms with Crippen LogP contribution in [0.25, 0.3) is 11.0 Å². The van der Waals surface area contributed by atoms with Crippen LogP contribution in [0.2, 0.25) is 0 Å². The Labute approximate surface area is 164 Å². The second-order valence-corrected chi connectivity index (χ2v) is 6.62. The zero-order valence-electron chi connectivity index (χ0n) is 16.2. The fourth-order valence-electron chi connectivity index (χ4n) is 3.42. The summed E-state index contributed by atoms with van der Waals surface area (Å²) in [6.07, 6.45) is -4.73. The predicted molar refractivity (Wildman–Crippen MR) is 99.6 cm³/mol. The molecular formula is C20H20F3N3O3. The van der Waals surface area contributed by atoms with Crippen LogP contribution in [-0.2, 0) is 28.8 Å². The van der Waals surface area contributed by atoms with Crippen molar-refractivity contribution in [2.45, 2.75) is 40.0 Å². The van der Waals surface area contributed by atoms with Gasteiger partial charge in [0.25, 0.3) is 0 Å². The van der Waals surface area contributed by atoms with Crippen molar-refractivity contribution in [1.82, 2.24) is 14.1 Å². The van der Waals surface area contributed by atoms with E-state index in [0.717, 1.165) is 16.0 Å². The number of aromatic nitrogens is 3. The number of aryl methyl sites for hydroxylation is 1. The van der Waals surface area contributed by atoms with Crippen molar-refractivity contribution in [3.05, 3.63) is 53.1 Å². The smallest absolute Gasteiger partial charge is 0.449 e. The average Bonchev–Trinajstić information content (AvgIpc) is 3.17. The topological polar surface area (TPSA) is 66.1 Å². The number of imidazole rings is 1. The summed E-state index contributed by atoms with van der Waals surface area (Å²) in [6.45, 7) is 5.05. The van der Waals surface area contributed by atoms with Gasteiger partial charge in [-0.05, 0) is 39.0 Å². The molecule has 2 heterocycles. The van der Waals surface area contributed by atoms with E-state index >= 15 is 0 Å². The number of esters is 1. The first-order valence-electron chi connectivity index (χ1n) is 9.01. The molecular weight excluding hydrogens is 387 g/mol. The van der Waals surface area contributed by atoms with Crippen molar-refractivity contribution in [3.63, 3.8) is 0 Å². The SMILES string of the molecule is CCn1c(C)cc(C(=O)COC(=O)Cn2c(C(F)(F)F)nc3ccccc32)c1C. The summed E-state index contributed by atoms with van der Waals surface area (Å²) < 4.78 is 47.6. The summed E-state index contributed by atoms with van der Waals surface area (Å²) in [5.41, 5.74) is 2.37. The van der Waals surface area contributed by atoms with Crippen molar-refractivity contribution < 1.29 is 27.5 Å². The Hall–Kier alpha value is -3.10. The summed E-state index contributed by atoms with van der Waals surface area (Å²) in [7, 11) is 0. The van der Waals surface area contributed by atoms with Gasteiger partial charge in [-0.1, -0.05) is 12.1 Å². The number of ketones is 1. The Morgan fingerprint density at radius 3 is 2.45 bits per heavy atom. The van der Waals surface area contributed by atoms with Crippen LogP contribution in [0.1, 0.15) is 34.5 Å². The Bertz CT molecular complexity index is 1080. The van der Waals surface area contributed by atoms with Crippen LogP contribution in [0.4, 0.5) is 13.2 Å². The summed E-state index contributed by atoms with van der Waals surface area (Å²) in [4.78, 5) is 28.2. The number of fused-ring (bicyclic) bond motifs is 1. The highest BCUT2D eigenvalue weighted by Crippen LogP contribution is 2.31. The van der Waals surface area contributed by atoms with Crippen molar-refractivity contribution in [1.29, 1.82) is 0 Å². The van der Waals surface area contributed by atoms with E-state index in [4.69, 9.17) is 4.74 Å². The number of rotatable bonds is 6. The fraction of sp³-hybridized carbons (Fsp3) is 0.350. The number of Topliss-reactive ketones (excluding diaryl/α,β-unsaturated/α-hetero) is 1. The Morgan fingerprint density at radius 2 is 1.83 bits per heavy atom. The first-order chi connectivity index (χ1) is 13.6. The molecule has 2 aromatic heterocycles. The maximum atomic E-state index is 13.3. The van der Waals surface area contributed by atoms with Gasteiger partial charge in [-0.15, -0.1) is 0 Å². The molecule has 0 amide bonds. The molecule has 154 valence electrons. The Kier molecular flexibility index (Phi) is 5.50. The van der Waals surface area contributed by atoms with Gasteiger partial charge in [0.05, 0.1) is 11.0 Å². The summed E-state index contributed by atoms with van der Waals surface area (Å²) in [5, 5.41) is 0. The third-order valence-electron chi connectivity index (χ3n) is 4.75. The number of nitrogens with zero attached hydrogens (tertiary/aromatic N) is 3. The number of para-hydroxylation sites is 2. The maximum absolute atomic E-state index is 13.3. The van der Waals surface area contributed by atoms with Gasteiger partial charge in [-0.25, -0.2) is 4.98 Å². The molecule has 0 aliphatic heterocycles. The van der Waals surface area contributed by atoms with Crippen LogP contribution >= 0.6 is 0 Å². The zero-order valence-corrected chi connectivity index (χ0v) is 16.2. The number of halogens is 3. The molecule has 0 bridgehead atoms. The first-order valence-corrected chi connectivity index (χ1v) is 9.01. The number of benzene rings is 1. The quantitative estimate of drug-likeness (QED) is 0.459. The number of hydrogen-bond donors (Lipinski definition) is 0. The molecule has 29 heavy (non-hydrogen) atoms. The second-order valence-electron chi connectivity index (χ2n) is 6.62. The molecule has 0 saturated heterocycles. The standard InChI is InChI=1S/C20H20F3N3O3/c1-4-25-12(2)9-14(13(25)3)17(27)11-29-18(28)10-26-16-8-6-5-7-15(16)24-19(26)20(21,22)23/h5-9H,4,10-11H2,1-3H3. The van der Waals surface area contributed by atoms with E-state index in [1.165, 1.54) is 12.1 Å². The minimum Gasteiger partial charge on any atom is -0.456 e. The molecule has 3 aromatic rings. The van der Waals surface area contributed by atoms with Gasteiger partial charge in [0.15, 0.2) is 6.61 Å². The van der Waals surface area contributed by atoms with Crippen LogP contribution in [0.3, 0.4) is 0 Å². The molecule has 6 nitrogen and oxygen atoms in total. The molecule has 0 atom stereocenters. The zero-order chi connectivity index (χ0) is 21.3. The van der Waals surface area contributed by atoms with E-state index in [1.807, 2.05) is 18.4 Å². The van der Waals surface area contributed by atoms with Crippen molar-refractivity contribution >= 4 is 22.8 Å². The molecule has 1 aromatic carbocycles. The molecule has 0 spiro atoms. The lowest BCUT2D eigenvalue weighted by Crippen LogP contribution is -2.22. The van der Waals surface area contributed by atoms with Crippen LogP contribution in [0, 0.1) is 13.8 Å². The average molecular weight is 407 g/mol. The number of ether oxygens (including phenoxy) is 1. The van der Waals surface area contributed by atoms with E-state index in [1.54, 1.807) is 25.1 Å². The lowest BCUT2D eigenvalue weighted by Gasteiger charge is -2.11. The first kappa shape index (κ1) is 20.6. The van der Waals surface area contributed by atoms with Gasteiger partial charge in [0.2, 0.25) is 11.6 Å². The molecule has 0 unspecified atom stereocenters. The van der Waals surface area contributed by atoms with Gasteiger partial charge in [0.1, 0.15) is 6.54 Å². The molecule has 3 rings (SSSR count). The summed E-state index contributed by atoms with van der Waals surface area (Å²) in [5.74, 6) is -2.54. The number of carbonyl (C=O) groups excluding carboxylic acids is 2. The normalized spacial score (nSPS) is 11.8. The summed E-state index contributed by atoms with van der Waals surface area (Å²) >= 11 is 0. The number of alkyl halides is 3. The van der Waals surface area contributed by atoms with E-state index < -0.39 is 36.9 Å². The van der Waals surface area contributed by atoms with Crippen molar-refractivity contribution in [3.8, 4) is 0 Å². The van der Waals surface area contributed by atoms with Gasteiger partial charge < -0.3 is 13.9 Å². The van der Waals surface area contributed by atoms with Gasteiger partial charge >= 0.3 is 12.1 Å². The Morgan fingerprint density at radius 1 is 1.14 bits per heavy atom. The van der Waals surface area contributed by atoms with Gasteiger partial charge in [-0.3, -0.25) is 9.59 Å². The largest absolute Gasteiger partial charge is 0.456 e. The predicted octanol–water partition coefficient (Wildman–Crippen LogP) is 3.92. The van der Waals surface area contributed by atoms with Crippen molar-refractivity contribution in [2.24, 2.45) is 0 Å². The molecule has 0 aliphatic rings.